The van der Waals surface area contributed by atoms with Gasteiger partial charge >= 0.3 is 18.9 Å². The van der Waals surface area contributed by atoms with Crippen molar-refractivity contribution in [3.8, 4) is 0 Å². The smallest absolute Gasteiger partial charge is 0.547 e. The predicted molar refractivity (Wildman–Crippen MR) is 47.6 cm³/mol. The van der Waals surface area contributed by atoms with Crippen molar-refractivity contribution in [2.45, 2.75) is 11.8 Å². The normalized spacial score (nSPS) is 10.6. The fourth-order valence-electron chi connectivity index (χ4n) is 0.816. The summed E-state index contributed by atoms with van der Waals surface area (Å²) in [6, 6.07) is 6.60. The first kappa shape index (κ1) is 12.7. The van der Waals surface area contributed by atoms with Crippen molar-refractivity contribution in [1.82, 2.24) is 0 Å². The van der Waals surface area contributed by atoms with Gasteiger partial charge in [0.15, 0.2) is 0 Å². The average Bonchev–Trinajstić information content (AvgIpc) is 2.05. The Morgan fingerprint density at radius 2 is 1.62 bits per heavy atom. The Morgan fingerprint density at radius 3 is 2.00 bits per heavy atom. The number of nitrogens with zero attached hydrogens (tertiary/aromatic N) is 1. The van der Waals surface area contributed by atoms with Crippen LogP contribution in [0.2, 0.25) is 0 Å². The molecule has 0 aliphatic carbocycles. The van der Waals surface area contributed by atoms with E-state index in [1.54, 1.807) is 24.3 Å². The number of rotatable bonds is 2. The Bertz CT molecular complexity index is 358. The van der Waals surface area contributed by atoms with Crippen molar-refractivity contribution in [3.63, 3.8) is 0 Å². The molecule has 0 amide bonds. The molecule has 0 fully saturated rings. The van der Waals surface area contributed by atoms with E-state index in [1.165, 1.54) is 7.05 Å². The van der Waals surface area contributed by atoms with Crippen LogP contribution in [0.3, 0.4) is 0 Å². The molecule has 66 valence electrons. The maximum absolute atomic E-state index is 11.1. The molecule has 0 aliphatic heterocycles. The largest absolute Gasteiger partial charge is 1.00 e. The Morgan fingerprint density at radius 1 is 1.15 bits per heavy atom. The van der Waals surface area contributed by atoms with Crippen LogP contribution >= 0.6 is 0 Å². The minimum absolute atomic E-state index is 0. The van der Waals surface area contributed by atoms with Gasteiger partial charge < -0.3 is 4.72 Å². The van der Waals surface area contributed by atoms with Gasteiger partial charge in [-0.1, -0.05) is 17.7 Å². The monoisotopic (exact) mass is 191 g/mol. The van der Waals surface area contributed by atoms with Crippen molar-refractivity contribution in [1.29, 1.82) is 0 Å². The summed E-state index contributed by atoms with van der Waals surface area (Å²) in [5.41, 5.74) is 1.03. The zero-order valence-electron chi connectivity index (χ0n) is 7.98. The maximum Gasteiger partial charge on any atom is 1.00 e. The second-order valence-corrected chi connectivity index (χ2v) is 4.26. The molecule has 0 aromatic heterocycles. The van der Waals surface area contributed by atoms with Crippen LogP contribution in [0, 0.1) is 6.92 Å². The van der Waals surface area contributed by atoms with Crippen LogP contribution in [0.25, 0.3) is 4.72 Å². The van der Waals surface area contributed by atoms with Gasteiger partial charge in [0.1, 0.15) is 10.0 Å². The standard InChI is InChI=1S/C8H10NO2S.Li/c1-7-3-5-8(6-4-7)12(10,11)9-2;/h3-6H,1-2H3;/q-1;+1. The third-order valence-corrected chi connectivity index (χ3v) is 2.91. The van der Waals surface area contributed by atoms with E-state index in [4.69, 9.17) is 0 Å². The van der Waals surface area contributed by atoms with Gasteiger partial charge in [-0.15, -0.1) is 0 Å². The molecule has 0 spiro atoms. The molecule has 1 rings (SSSR count). The fraction of sp³-hybridized carbons (Fsp3) is 0.250. The first-order valence-corrected chi connectivity index (χ1v) is 4.93. The summed E-state index contributed by atoms with van der Waals surface area (Å²) in [6.45, 7) is 1.90. The van der Waals surface area contributed by atoms with Gasteiger partial charge in [0.05, 0.1) is 0 Å². The van der Waals surface area contributed by atoms with E-state index >= 15 is 0 Å². The molecule has 1 aromatic rings. The van der Waals surface area contributed by atoms with Crippen molar-refractivity contribution >= 4 is 10.0 Å². The first-order valence-electron chi connectivity index (χ1n) is 3.49. The van der Waals surface area contributed by atoms with Crippen LogP contribution in [-0.2, 0) is 10.0 Å². The molecule has 5 heteroatoms. The molecule has 0 saturated heterocycles. The van der Waals surface area contributed by atoms with Crippen LogP contribution < -0.4 is 18.9 Å². The average molecular weight is 191 g/mol. The van der Waals surface area contributed by atoms with E-state index in [-0.39, 0.29) is 23.8 Å². The van der Waals surface area contributed by atoms with Gasteiger partial charge in [0.2, 0.25) is 0 Å². The Balaban J connectivity index is 0.00000144. The summed E-state index contributed by atoms with van der Waals surface area (Å²) >= 11 is 0. The molecule has 0 N–H and O–H groups in total. The van der Waals surface area contributed by atoms with E-state index in [0.717, 1.165) is 5.56 Å². The first-order chi connectivity index (χ1) is 5.56. The number of hydrogen-bond acceptors (Lipinski definition) is 2. The summed E-state index contributed by atoms with van der Waals surface area (Å²) in [6.07, 6.45) is 0. The number of aryl methyl sites for hydroxylation is 1. The maximum atomic E-state index is 11.1. The quantitative estimate of drug-likeness (QED) is 0.545. The van der Waals surface area contributed by atoms with E-state index in [1.807, 2.05) is 6.92 Å². The minimum atomic E-state index is -3.39. The van der Waals surface area contributed by atoms with Crippen LogP contribution in [0.4, 0.5) is 0 Å². The van der Waals surface area contributed by atoms with Crippen LogP contribution in [-0.4, -0.2) is 15.5 Å². The van der Waals surface area contributed by atoms with Gasteiger partial charge in [0.25, 0.3) is 0 Å². The molecule has 0 saturated carbocycles. The third kappa shape index (κ3) is 3.16. The molecule has 0 radical (unpaired) electrons. The summed E-state index contributed by atoms with van der Waals surface area (Å²) in [7, 11) is -2.12. The van der Waals surface area contributed by atoms with Gasteiger partial charge in [0, 0.05) is 4.90 Å². The zero-order valence-corrected chi connectivity index (χ0v) is 8.80. The predicted octanol–water partition coefficient (Wildman–Crippen LogP) is -1.31. The molecule has 3 nitrogen and oxygen atoms in total. The molecule has 13 heavy (non-hydrogen) atoms. The second-order valence-electron chi connectivity index (χ2n) is 2.47. The van der Waals surface area contributed by atoms with Gasteiger partial charge in [-0.2, -0.15) is 7.05 Å². The summed E-state index contributed by atoms with van der Waals surface area (Å²) in [5, 5.41) is 0. The van der Waals surface area contributed by atoms with Gasteiger partial charge in [-0.05, 0) is 19.1 Å². The molecule has 0 heterocycles. The number of hydrogen-bond donors (Lipinski definition) is 0. The van der Waals surface area contributed by atoms with Crippen molar-refractivity contribution < 1.29 is 27.3 Å². The van der Waals surface area contributed by atoms with E-state index in [0.29, 0.717) is 0 Å². The Hall–Kier alpha value is -0.273. The topological polar surface area (TPSA) is 48.2 Å². The molecule has 0 aliphatic rings. The fourth-order valence-corrected chi connectivity index (χ4v) is 1.51. The Labute approximate surface area is 90.8 Å². The van der Waals surface area contributed by atoms with Crippen molar-refractivity contribution in [2.75, 3.05) is 7.05 Å². The van der Waals surface area contributed by atoms with E-state index in [9.17, 15) is 8.42 Å². The number of sulfonamides is 1. The summed E-state index contributed by atoms with van der Waals surface area (Å²) in [5.74, 6) is 0. The van der Waals surface area contributed by atoms with Crippen LogP contribution in [0.1, 0.15) is 5.56 Å². The Kier molecular flexibility index (Phi) is 4.72. The van der Waals surface area contributed by atoms with Crippen molar-refractivity contribution in [2.24, 2.45) is 0 Å². The van der Waals surface area contributed by atoms with Crippen LogP contribution in [0.15, 0.2) is 29.2 Å². The third-order valence-electron chi connectivity index (χ3n) is 1.56. The molecule has 0 bridgehead atoms. The number of benzene rings is 1. The zero-order chi connectivity index (χ0) is 9.19. The van der Waals surface area contributed by atoms with Crippen molar-refractivity contribution in [3.05, 3.63) is 34.6 Å². The molecular weight excluding hydrogens is 181 g/mol. The molecule has 0 atom stereocenters. The SMILES string of the molecule is C[N-]S(=O)(=O)c1ccc(C)cc1.[Li+]. The van der Waals surface area contributed by atoms with Gasteiger partial charge in [-0.25, -0.2) is 8.42 Å². The second kappa shape index (κ2) is 4.82. The molecule has 1 aromatic carbocycles. The molecular formula is C8H10LiNO2S. The van der Waals surface area contributed by atoms with Crippen LogP contribution in [0.5, 0.6) is 0 Å². The summed E-state index contributed by atoms with van der Waals surface area (Å²) < 4.78 is 25.6. The van der Waals surface area contributed by atoms with E-state index < -0.39 is 10.0 Å². The minimum Gasteiger partial charge on any atom is -0.547 e. The van der Waals surface area contributed by atoms with Gasteiger partial charge in [-0.3, -0.25) is 0 Å². The van der Waals surface area contributed by atoms with E-state index in [2.05, 4.69) is 4.72 Å². The summed E-state index contributed by atoms with van der Waals surface area (Å²) in [4.78, 5) is 0.246. The molecule has 0 unspecified atom stereocenters.